The third-order valence-corrected chi connectivity index (χ3v) is 9.85. The van der Waals surface area contributed by atoms with Gasteiger partial charge in [-0.15, -0.1) is 0 Å². The van der Waals surface area contributed by atoms with Crippen LogP contribution >= 0.6 is 0 Å². The fraction of sp³-hybridized carbons (Fsp3) is 0.743. The summed E-state index contributed by atoms with van der Waals surface area (Å²) >= 11 is 0. The lowest BCUT2D eigenvalue weighted by molar-refractivity contribution is -0.150. The van der Waals surface area contributed by atoms with Crippen LogP contribution in [0.2, 0.25) is 12.6 Å². The Kier molecular flexibility index (Phi) is 18.9. The highest BCUT2D eigenvalue weighted by molar-refractivity contribution is 6.45. The first-order valence-electron chi connectivity index (χ1n) is 17.0. The van der Waals surface area contributed by atoms with Crippen LogP contribution in [0.1, 0.15) is 99.5 Å². The molecular weight excluding hydrogens is 630 g/mol. The molecule has 1 aromatic carbocycles. The van der Waals surface area contributed by atoms with Crippen molar-refractivity contribution < 1.29 is 48.3 Å². The van der Waals surface area contributed by atoms with E-state index in [1.54, 1.807) is 0 Å². The normalized spacial score (nSPS) is 23.9. The summed E-state index contributed by atoms with van der Waals surface area (Å²) in [6.45, 7) is 9.59. The lowest BCUT2D eigenvalue weighted by atomic mass is 9.78. The number of methoxy groups -OCH3 is 1. The van der Waals surface area contributed by atoms with Crippen molar-refractivity contribution in [1.82, 2.24) is 10.2 Å². The lowest BCUT2D eigenvalue weighted by Gasteiger charge is -2.38. The van der Waals surface area contributed by atoms with Crippen molar-refractivity contribution in [3.63, 3.8) is 0 Å². The highest BCUT2D eigenvalue weighted by atomic mass is 16.7. The molecular formula is C35H62B2N2O10. The number of esters is 1. The summed E-state index contributed by atoms with van der Waals surface area (Å²) in [5.74, 6) is -1.05. The molecule has 3 fully saturated rings. The molecule has 4 atom stereocenters. The van der Waals surface area contributed by atoms with Gasteiger partial charge in [0.05, 0.1) is 18.3 Å². The zero-order valence-electron chi connectivity index (χ0n) is 28.7. The summed E-state index contributed by atoms with van der Waals surface area (Å²) in [5, 5.41) is 29.3. The molecule has 1 aromatic rings. The van der Waals surface area contributed by atoms with Gasteiger partial charge in [0.1, 0.15) is 18.7 Å². The molecule has 12 nitrogen and oxygen atoms in total. The summed E-state index contributed by atoms with van der Waals surface area (Å²) in [6, 6.07) is 8.43. The van der Waals surface area contributed by atoms with E-state index in [1.807, 2.05) is 58.0 Å². The van der Waals surface area contributed by atoms with Crippen molar-refractivity contribution in [2.75, 3.05) is 20.2 Å². The molecule has 3 aliphatic rings. The number of amides is 1. The lowest BCUT2D eigenvalue weighted by Crippen LogP contribution is -2.53. The molecule has 1 amide bonds. The number of hydrogen-bond acceptors (Lipinski definition) is 10. The fourth-order valence-electron chi connectivity index (χ4n) is 6.57. The number of carboxylic acid groups (broad SMARTS) is 1. The Morgan fingerprint density at radius 2 is 1.59 bits per heavy atom. The zero-order valence-corrected chi connectivity index (χ0v) is 28.7. The Morgan fingerprint density at radius 3 is 2.18 bits per heavy atom. The second-order valence-electron chi connectivity index (χ2n) is 13.8. The van der Waals surface area contributed by atoms with Gasteiger partial charge < -0.3 is 39.3 Å². The molecule has 4 rings (SSSR count). The number of nitrogens with one attached hydrogen (secondary N) is 1. The van der Waals surface area contributed by atoms with Gasteiger partial charge in [-0.05, 0) is 103 Å². The summed E-state index contributed by atoms with van der Waals surface area (Å²) in [5.41, 5.74) is 0.207. The van der Waals surface area contributed by atoms with Gasteiger partial charge in [0, 0.05) is 6.54 Å². The summed E-state index contributed by atoms with van der Waals surface area (Å²) < 4.78 is 22.7. The van der Waals surface area contributed by atoms with Crippen LogP contribution in [0.15, 0.2) is 30.3 Å². The van der Waals surface area contributed by atoms with Crippen LogP contribution in [-0.2, 0) is 35.0 Å². The molecule has 0 radical (unpaired) electrons. The van der Waals surface area contributed by atoms with Crippen molar-refractivity contribution in [3.8, 4) is 0 Å². The average molecular weight is 693 g/mol. The Balaban J connectivity index is 0.000000598. The highest BCUT2D eigenvalue weighted by Gasteiger charge is 2.50. The van der Waals surface area contributed by atoms with Gasteiger partial charge >= 0.3 is 32.3 Å². The van der Waals surface area contributed by atoms with Crippen LogP contribution in [0.3, 0.4) is 0 Å². The SMILES string of the molecule is C.C.COC(=O)C1C(CCCB2OC(C)(C)C(C)(C)O2)CCCN1C(=O)OCc1ccccc1.O=C(O)[C@@H]1NCCC[C@H]1CCCB(O)O. The van der Waals surface area contributed by atoms with Crippen LogP contribution in [0.5, 0.6) is 0 Å². The largest absolute Gasteiger partial charge is 0.480 e. The maximum atomic E-state index is 12.8. The molecule has 0 saturated carbocycles. The van der Waals surface area contributed by atoms with Crippen LogP contribution in [-0.4, -0.2) is 95.8 Å². The second kappa shape index (κ2) is 20.9. The first-order valence-corrected chi connectivity index (χ1v) is 17.0. The zero-order chi connectivity index (χ0) is 34.6. The maximum Gasteiger partial charge on any atom is 0.457 e. The van der Waals surface area contributed by atoms with E-state index in [2.05, 4.69) is 5.32 Å². The number of ether oxygens (including phenoxy) is 2. The third-order valence-electron chi connectivity index (χ3n) is 9.85. The van der Waals surface area contributed by atoms with Crippen molar-refractivity contribution in [3.05, 3.63) is 35.9 Å². The van der Waals surface area contributed by atoms with Crippen molar-refractivity contribution in [2.45, 2.75) is 136 Å². The first-order chi connectivity index (χ1) is 22.3. The number of carbonyl (C=O) groups is 3. The van der Waals surface area contributed by atoms with E-state index in [-0.39, 0.29) is 57.6 Å². The number of carboxylic acids is 1. The van der Waals surface area contributed by atoms with Crippen LogP contribution < -0.4 is 5.32 Å². The minimum Gasteiger partial charge on any atom is -0.480 e. The predicted octanol–water partition coefficient (Wildman–Crippen LogP) is 5.41. The van der Waals surface area contributed by atoms with Gasteiger partial charge in [0.2, 0.25) is 0 Å². The average Bonchev–Trinajstić information content (AvgIpc) is 3.25. The molecule has 3 heterocycles. The first kappa shape index (κ1) is 44.4. The maximum absolute atomic E-state index is 12.8. The number of piperidine rings is 2. The Labute approximate surface area is 294 Å². The minimum absolute atomic E-state index is 0. The molecule has 14 heteroatoms. The van der Waals surface area contributed by atoms with E-state index in [0.717, 1.165) is 63.4 Å². The number of nitrogens with zero attached hydrogens (tertiary/aromatic N) is 1. The molecule has 2 unspecified atom stereocenters. The smallest absolute Gasteiger partial charge is 0.457 e. The molecule has 278 valence electrons. The monoisotopic (exact) mass is 692 g/mol. The Bertz CT molecular complexity index is 1120. The molecule has 4 N–H and O–H groups in total. The number of rotatable bonds is 12. The van der Waals surface area contributed by atoms with Crippen LogP contribution in [0, 0.1) is 11.8 Å². The van der Waals surface area contributed by atoms with E-state index >= 15 is 0 Å². The van der Waals surface area contributed by atoms with Crippen molar-refractivity contribution in [2.24, 2.45) is 11.8 Å². The highest BCUT2D eigenvalue weighted by Crippen LogP contribution is 2.39. The molecule has 0 spiro atoms. The van der Waals surface area contributed by atoms with E-state index < -0.39 is 31.3 Å². The number of carbonyl (C=O) groups excluding carboxylic acids is 2. The Morgan fingerprint density at radius 1 is 0.980 bits per heavy atom. The van der Waals surface area contributed by atoms with Gasteiger partial charge in [-0.1, -0.05) is 58.0 Å². The molecule has 0 bridgehead atoms. The number of aliphatic carboxylic acids is 1. The van der Waals surface area contributed by atoms with E-state index in [9.17, 15) is 14.4 Å². The number of benzene rings is 1. The van der Waals surface area contributed by atoms with E-state index in [1.165, 1.54) is 12.0 Å². The molecule has 49 heavy (non-hydrogen) atoms. The van der Waals surface area contributed by atoms with E-state index in [0.29, 0.717) is 19.3 Å². The second-order valence-corrected chi connectivity index (χ2v) is 13.8. The van der Waals surface area contributed by atoms with E-state index in [4.69, 9.17) is 33.9 Å². The van der Waals surface area contributed by atoms with Gasteiger partial charge in [-0.2, -0.15) is 0 Å². The summed E-state index contributed by atoms with van der Waals surface area (Å²) in [6.07, 6.45) is 7.21. The van der Waals surface area contributed by atoms with Crippen molar-refractivity contribution in [1.29, 1.82) is 0 Å². The molecule has 0 aliphatic carbocycles. The van der Waals surface area contributed by atoms with Gasteiger partial charge in [0.25, 0.3) is 0 Å². The van der Waals surface area contributed by atoms with Crippen LogP contribution in [0.25, 0.3) is 0 Å². The minimum atomic E-state index is -1.27. The molecule has 0 aromatic heterocycles. The number of hydrogen-bond donors (Lipinski definition) is 4. The predicted molar refractivity (Wildman–Crippen MR) is 192 cm³/mol. The third kappa shape index (κ3) is 13.2. The van der Waals surface area contributed by atoms with Gasteiger partial charge in [-0.25, -0.2) is 9.59 Å². The van der Waals surface area contributed by atoms with Gasteiger partial charge in [0.15, 0.2) is 0 Å². The number of likely N-dealkylation sites (tertiary alicyclic amines) is 1. The van der Waals surface area contributed by atoms with Crippen molar-refractivity contribution >= 4 is 32.3 Å². The fourth-order valence-corrected chi connectivity index (χ4v) is 6.57. The summed E-state index contributed by atoms with van der Waals surface area (Å²) in [4.78, 5) is 37.9. The van der Waals surface area contributed by atoms with Gasteiger partial charge in [-0.3, -0.25) is 9.69 Å². The quantitative estimate of drug-likeness (QED) is 0.164. The summed E-state index contributed by atoms with van der Waals surface area (Å²) in [7, 11) is -0.164. The standard InChI is InChI=1S/C24H36BNO6.C9H18BNO4.2CH4/c1-23(2)24(3,4)32-25(31-23)15-9-13-19-14-10-16-26(20(19)21(27)29-5)22(28)30-17-18-11-7-6-8-12-18;12-9(13)8-7(4-2-6-11-8)3-1-5-10(14)15;;/h6-8,11-12,19-20H,9-10,13-17H2,1-5H3;7-8,11,14-15H,1-6H2,(H,12,13);2*1H4/t;7-,8-;;/m.1../s1. The molecule has 3 saturated heterocycles. The topological polar surface area (TPSA) is 164 Å². The Hall–Kier alpha value is -2.64. The van der Waals surface area contributed by atoms with Crippen LogP contribution in [0.4, 0.5) is 4.79 Å². The molecule has 3 aliphatic heterocycles.